The monoisotopic (exact) mass is 516 g/mol. The lowest BCUT2D eigenvalue weighted by Crippen LogP contribution is -2.42. The average Bonchev–Trinajstić information content (AvgIpc) is 3.22. The van der Waals surface area contributed by atoms with Crippen LogP contribution >= 0.6 is 11.6 Å². The van der Waals surface area contributed by atoms with Crippen molar-refractivity contribution in [1.29, 1.82) is 0 Å². The Kier molecular flexibility index (Phi) is 6.97. The highest BCUT2D eigenvalue weighted by Gasteiger charge is 2.37. The van der Waals surface area contributed by atoms with Crippen molar-refractivity contribution in [3.63, 3.8) is 0 Å². The number of ether oxygens (including phenoxy) is 1. The number of nitrogens with zero attached hydrogens (tertiary/aromatic N) is 2. The van der Waals surface area contributed by atoms with Gasteiger partial charge in [0, 0.05) is 62.1 Å². The number of furan rings is 1. The Hall–Kier alpha value is -2.64. The molecule has 2 aromatic carbocycles. The maximum absolute atomic E-state index is 13.7. The van der Waals surface area contributed by atoms with Gasteiger partial charge in [0.15, 0.2) is 0 Å². The second kappa shape index (κ2) is 10.0. The summed E-state index contributed by atoms with van der Waals surface area (Å²) < 4.78 is 39.8. The van der Waals surface area contributed by atoms with E-state index in [2.05, 4.69) is 18.7 Å². The standard InChI is InChI=1S/C28H31ClF2N2O3/c1-18(2)32-12-8-20(9-13-32)35-24-17-23-21(16-22(24)29)25(19-6-4-3-5-7-19)26(36-23)27(34)33-14-10-28(30,31)11-15-33/h3-7,16-18,20H,8-15H2,1-2H3. The number of carbonyl (C=O) groups excluding carboxylic acids is 1. The average molecular weight is 517 g/mol. The molecule has 0 bridgehead atoms. The predicted molar refractivity (Wildman–Crippen MR) is 137 cm³/mol. The molecule has 192 valence electrons. The van der Waals surface area contributed by atoms with Crippen molar-refractivity contribution < 1.29 is 22.7 Å². The normalized spacial score (nSPS) is 19.2. The third-order valence-electron chi connectivity index (χ3n) is 7.28. The summed E-state index contributed by atoms with van der Waals surface area (Å²) in [5.41, 5.74) is 1.90. The van der Waals surface area contributed by atoms with E-state index in [1.807, 2.05) is 30.3 Å². The maximum Gasteiger partial charge on any atom is 0.290 e. The van der Waals surface area contributed by atoms with Crippen molar-refractivity contribution in [2.75, 3.05) is 26.2 Å². The molecule has 3 aromatic rings. The van der Waals surface area contributed by atoms with Crippen molar-refractivity contribution >= 4 is 28.5 Å². The number of amides is 1. The molecule has 0 N–H and O–H groups in total. The SMILES string of the molecule is CC(C)N1CCC(Oc2cc3oc(C(=O)N4CCC(F)(F)CC4)c(-c4ccccc4)c3cc2Cl)CC1. The van der Waals surface area contributed by atoms with E-state index in [9.17, 15) is 13.6 Å². The lowest BCUT2D eigenvalue weighted by molar-refractivity contribution is -0.0498. The quantitative estimate of drug-likeness (QED) is 0.371. The molecule has 0 spiro atoms. The van der Waals surface area contributed by atoms with Crippen LogP contribution in [0.4, 0.5) is 8.78 Å². The summed E-state index contributed by atoms with van der Waals surface area (Å²) in [5, 5.41) is 1.14. The molecule has 2 aliphatic rings. The number of hydrogen-bond donors (Lipinski definition) is 0. The fourth-order valence-corrected chi connectivity index (χ4v) is 5.31. The number of benzene rings is 2. The van der Waals surface area contributed by atoms with Gasteiger partial charge in [-0.05, 0) is 38.3 Å². The van der Waals surface area contributed by atoms with Gasteiger partial charge in [0.1, 0.15) is 17.4 Å². The summed E-state index contributed by atoms with van der Waals surface area (Å²) in [6.07, 6.45) is 1.17. The number of likely N-dealkylation sites (tertiary alicyclic amines) is 2. The van der Waals surface area contributed by atoms with E-state index in [4.69, 9.17) is 20.8 Å². The molecule has 0 radical (unpaired) electrons. The first-order valence-corrected chi connectivity index (χ1v) is 13.0. The molecule has 0 saturated carbocycles. The summed E-state index contributed by atoms with van der Waals surface area (Å²) in [6.45, 7) is 6.30. The van der Waals surface area contributed by atoms with Crippen LogP contribution in [0, 0.1) is 0 Å². The number of carbonyl (C=O) groups is 1. The van der Waals surface area contributed by atoms with E-state index in [1.165, 1.54) is 4.90 Å². The molecule has 36 heavy (non-hydrogen) atoms. The topological polar surface area (TPSA) is 45.9 Å². The molecule has 8 heteroatoms. The zero-order valence-electron chi connectivity index (χ0n) is 20.6. The van der Waals surface area contributed by atoms with Gasteiger partial charge in [-0.25, -0.2) is 8.78 Å². The smallest absolute Gasteiger partial charge is 0.290 e. The third-order valence-corrected chi connectivity index (χ3v) is 7.58. The van der Waals surface area contributed by atoms with Crippen LogP contribution in [0.5, 0.6) is 5.75 Å². The number of alkyl halides is 2. The highest BCUT2D eigenvalue weighted by molar-refractivity contribution is 6.33. The summed E-state index contributed by atoms with van der Waals surface area (Å²) in [4.78, 5) is 17.3. The minimum absolute atomic E-state index is 0.0126. The van der Waals surface area contributed by atoms with E-state index < -0.39 is 5.92 Å². The Morgan fingerprint density at radius 2 is 1.75 bits per heavy atom. The zero-order chi connectivity index (χ0) is 25.4. The second-order valence-corrected chi connectivity index (χ2v) is 10.5. The van der Waals surface area contributed by atoms with E-state index in [-0.39, 0.29) is 43.7 Å². The summed E-state index contributed by atoms with van der Waals surface area (Å²) >= 11 is 6.67. The minimum atomic E-state index is -2.74. The second-order valence-electron chi connectivity index (χ2n) is 10.0. The first-order valence-electron chi connectivity index (χ1n) is 12.6. The van der Waals surface area contributed by atoms with Crippen LogP contribution in [-0.2, 0) is 0 Å². The molecular weight excluding hydrogens is 486 g/mol. The van der Waals surface area contributed by atoms with Gasteiger partial charge in [0.25, 0.3) is 11.8 Å². The van der Waals surface area contributed by atoms with Gasteiger partial charge in [-0.3, -0.25) is 4.79 Å². The molecule has 3 heterocycles. The van der Waals surface area contributed by atoms with Gasteiger partial charge in [-0.1, -0.05) is 41.9 Å². The summed E-state index contributed by atoms with van der Waals surface area (Å²) in [5.74, 6) is -2.46. The molecule has 1 amide bonds. The molecule has 2 saturated heterocycles. The van der Waals surface area contributed by atoms with Crippen LogP contribution in [0.3, 0.4) is 0 Å². The Morgan fingerprint density at radius 1 is 1.08 bits per heavy atom. The molecule has 5 rings (SSSR count). The molecule has 0 atom stereocenters. The number of rotatable bonds is 5. The van der Waals surface area contributed by atoms with Crippen LogP contribution in [0.25, 0.3) is 22.1 Å². The third kappa shape index (κ3) is 5.09. The highest BCUT2D eigenvalue weighted by atomic mass is 35.5. The lowest BCUT2D eigenvalue weighted by atomic mass is 10.00. The van der Waals surface area contributed by atoms with E-state index in [1.54, 1.807) is 12.1 Å². The van der Waals surface area contributed by atoms with Gasteiger partial charge in [-0.2, -0.15) is 0 Å². The van der Waals surface area contributed by atoms with Gasteiger partial charge in [0.2, 0.25) is 5.76 Å². The predicted octanol–water partition coefficient (Wildman–Crippen LogP) is 6.88. The minimum Gasteiger partial charge on any atom is -0.489 e. The molecule has 1 aromatic heterocycles. The largest absolute Gasteiger partial charge is 0.489 e. The fraction of sp³-hybridized carbons (Fsp3) is 0.464. The molecule has 2 fully saturated rings. The van der Waals surface area contributed by atoms with Crippen LogP contribution in [0.2, 0.25) is 5.02 Å². The van der Waals surface area contributed by atoms with Crippen LogP contribution < -0.4 is 4.74 Å². The molecule has 0 unspecified atom stereocenters. The fourth-order valence-electron chi connectivity index (χ4n) is 5.10. The summed E-state index contributed by atoms with van der Waals surface area (Å²) in [6, 6.07) is 13.5. The van der Waals surface area contributed by atoms with Gasteiger partial charge >= 0.3 is 0 Å². The van der Waals surface area contributed by atoms with E-state index in [0.29, 0.717) is 33.3 Å². The number of hydrogen-bond acceptors (Lipinski definition) is 4. The van der Waals surface area contributed by atoms with Crippen LogP contribution in [0.1, 0.15) is 50.1 Å². The number of fused-ring (bicyclic) bond motifs is 1. The van der Waals surface area contributed by atoms with Crippen molar-refractivity contribution in [2.24, 2.45) is 0 Å². The van der Waals surface area contributed by atoms with Gasteiger partial charge < -0.3 is 19.0 Å². The first kappa shape index (κ1) is 25.0. The van der Waals surface area contributed by atoms with Crippen molar-refractivity contribution in [2.45, 2.75) is 57.6 Å². The zero-order valence-corrected chi connectivity index (χ0v) is 21.4. The molecular formula is C28H31ClF2N2O3. The Labute approximate surface area is 214 Å². The van der Waals surface area contributed by atoms with Gasteiger partial charge in [-0.15, -0.1) is 0 Å². The number of piperidine rings is 2. The number of halogens is 3. The molecule has 0 aliphatic carbocycles. The molecule has 2 aliphatic heterocycles. The van der Waals surface area contributed by atoms with E-state index >= 15 is 0 Å². The summed E-state index contributed by atoms with van der Waals surface area (Å²) in [7, 11) is 0. The molecule has 5 nitrogen and oxygen atoms in total. The van der Waals surface area contributed by atoms with Crippen molar-refractivity contribution in [1.82, 2.24) is 9.80 Å². The van der Waals surface area contributed by atoms with Gasteiger partial charge in [0.05, 0.1) is 5.02 Å². The lowest BCUT2D eigenvalue weighted by Gasteiger charge is -2.34. The van der Waals surface area contributed by atoms with Crippen molar-refractivity contribution in [3.05, 3.63) is 53.2 Å². The van der Waals surface area contributed by atoms with E-state index in [0.717, 1.165) is 31.5 Å². The van der Waals surface area contributed by atoms with Crippen LogP contribution in [-0.4, -0.2) is 60.0 Å². The highest BCUT2D eigenvalue weighted by Crippen LogP contribution is 2.41. The maximum atomic E-state index is 13.7. The Morgan fingerprint density at radius 3 is 2.39 bits per heavy atom. The Balaban J connectivity index is 1.47. The van der Waals surface area contributed by atoms with Crippen LogP contribution in [0.15, 0.2) is 46.9 Å². The Bertz CT molecular complexity index is 1230. The first-order chi connectivity index (χ1) is 17.2. The van der Waals surface area contributed by atoms with Crippen molar-refractivity contribution in [3.8, 4) is 16.9 Å².